The van der Waals surface area contributed by atoms with Crippen molar-refractivity contribution in [2.75, 3.05) is 19.8 Å². The molecule has 0 atom stereocenters. The first-order chi connectivity index (χ1) is 14.7. The van der Waals surface area contributed by atoms with E-state index in [0.717, 1.165) is 11.1 Å². The number of nitrogens with two attached hydrogens (primary N) is 1. The molecule has 0 bridgehead atoms. The highest BCUT2D eigenvalue weighted by molar-refractivity contribution is 5.79. The Hall–Kier alpha value is -3.43. The first kappa shape index (κ1) is 23.8. The molecule has 2 aromatic rings. The summed E-state index contributed by atoms with van der Waals surface area (Å²) in [6.45, 7) is 1.86. The lowest BCUT2D eigenvalue weighted by Gasteiger charge is -2.13. The Balaban J connectivity index is 1.91. The molecular formula is C21H25F3N4O3. The zero-order valence-electron chi connectivity index (χ0n) is 17.0. The van der Waals surface area contributed by atoms with Crippen molar-refractivity contribution in [3.05, 3.63) is 59.7 Å². The maximum Gasteiger partial charge on any atom is 0.422 e. The van der Waals surface area contributed by atoms with Gasteiger partial charge in [0.15, 0.2) is 19.2 Å². The second kappa shape index (κ2) is 11.7. The Bertz CT molecular complexity index is 871. The van der Waals surface area contributed by atoms with E-state index >= 15 is 0 Å². The van der Waals surface area contributed by atoms with Gasteiger partial charge in [0.25, 0.3) is 5.91 Å². The number of benzene rings is 2. The molecule has 0 aromatic heterocycles. The second-order valence-electron chi connectivity index (χ2n) is 6.50. The molecule has 0 saturated carbocycles. The minimum Gasteiger partial charge on any atom is -0.484 e. The fourth-order valence-corrected chi connectivity index (χ4v) is 2.45. The van der Waals surface area contributed by atoms with Gasteiger partial charge in [-0.15, -0.1) is 0 Å². The zero-order chi connectivity index (χ0) is 22.7. The van der Waals surface area contributed by atoms with Gasteiger partial charge in [0.1, 0.15) is 11.5 Å². The van der Waals surface area contributed by atoms with Crippen molar-refractivity contribution in [1.29, 1.82) is 0 Å². The standard InChI is InChI=1S/C21H25F3N4O3/c1-2-26-20(28-12-16-4-3-5-18(10-16)30-13-19(25)29)27-11-15-6-8-17(9-7-15)31-14-21(22,23)24/h3-10H,2,11-14H2,1H3,(H2,25,29)(H2,26,27,28). The second-order valence-corrected chi connectivity index (χ2v) is 6.50. The van der Waals surface area contributed by atoms with E-state index in [1.165, 1.54) is 12.1 Å². The van der Waals surface area contributed by atoms with E-state index in [0.29, 0.717) is 31.3 Å². The number of primary amides is 1. The number of rotatable bonds is 10. The van der Waals surface area contributed by atoms with Gasteiger partial charge in [-0.3, -0.25) is 4.79 Å². The fourth-order valence-electron chi connectivity index (χ4n) is 2.45. The van der Waals surface area contributed by atoms with Gasteiger partial charge in [-0.1, -0.05) is 24.3 Å². The summed E-state index contributed by atoms with van der Waals surface area (Å²) in [5, 5.41) is 6.29. The Morgan fingerprint density at radius 2 is 1.77 bits per heavy atom. The maximum atomic E-state index is 12.2. The van der Waals surface area contributed by atoms with Gasteiger partial charge in [0, 0.05) is 13.1 Å². The lowest BCUT2D eigenvalue weighted by molar-refractivity contribution is -0.153. The number of hydrogen-bond donors (Lipinski definition) is 3. The molecule has 168 valence electrons. The largest absolute Gasteiger partial charge is 0.484 e. The molecule has 10 heteroatoms. The number of ether oxygens (including phenoxy) is 2. The van der Waals surface area contributed by atoms with Gasteiger partial charge in [-0.05, 0) is 42.3 Å². The molecule has 4 N–H and O–H groups in total. The van der Waals surface area contributed by atoms with Crippen LogP contribution < -0.4 is 25.8 Å². The Kier molecular flexibility index (Phi) is 8.98. The zero-order valence-corrected chi connectivity index (χ0v) is 17.0. The van der Waals surface area contributed by atoms with Crippen LogP contribution >= 0.6 is 0 Å². The highest BCUT2D eigenvalue weighted by atomic mass is 19.4. The van der Waals surface area contributed by atoms with Gasteiger partial charge < -0.3 is 25.8 Å². The molecule has 0 heterocycles. The smallest absolute Gasteiger partial charge is 0.422 e. The third-order valence-corrected chi connectivity index (χ3v) is 3.83. The Labute approximate surface area is 178 Å². The van der Waals surface area contributed by atoms with Crippen molar-refractivity contribution in [3.63, 3.8) is 0 Å². The van der Waals surface area contributed by atoms with E-state index in [2.05, 4.69) is 15.6 Å². The van der Waals surface area contributed by atoms with Crippen LogP contribution in [-0.4, -0.2) is 37.8 Å². The molecule has 0 spiro atoms. The minimum atomic E-state index is -4.37. The predicted molar refractivity (Wildman–Crippen MR) is 111 cm³/mol. The molecule has 0 saturated heterocycles. The van der Waals surface area contributed by atoms with Gasteiger partial charge in [-0.25, -0.2) is 4.99 Å². The molecule has 7 nitrogen and oxygen atoms in total. The van der Waals surface area contributed by atoms with Crippen LogP contribution in [0.3, 0.4) is 0 Å². The number of halogens is 3. The average Bonchev–Trinajstić information content (AvgIpc) is 2.73. The van der Waals surface area contributed by atoms with Gasteiger partial charge in [-0.2, -0.15) is 13.2 Å². The van der Waals surface area contributed by atoms with Crippen molar-refractivity contribution in [2.45, 2.75) is 26.2 Å². The van der Waals surface area contributed by atoms with Crippen molar-refractivity contribution in [2.24, 2.45) is 10.7 Å². The van der Waals surface area contributed by atoms with Crippen LogP contribution in [-0.2, 0) is 17.9 Å². The number of guanidine groups is 1. The van der Waals surface area contributed by atoms with Crippen LogP contribution in [0.15, 0.2) is 53.5 Å². The van der Waals surface area contributed by atoms with E-state index in [1.807, 2.05) is 13.0 Å². The summed E-state index contributed by atoms with van der Waals surface area (Å²) in [7, 11) is 0. The first-order valence-corrected chi connectivity index (χ1v) is 9.56. The van der Waals surface area contributed by atoms with E-state index in [1.54, 1.807) is 30.3 Å². The van der Waals surface area contributed by atoms with Crippen molar-refractivity contribution in [1.82, 2.24) is 10.6 Å². The van der Waals surface area contributed by atoms with Gasteiger partial charge in [0.2, 0.25) is 0 Å². The van der Waals surface area contributed by atoms with E-state index in [9.17, 15) is 18.0 Å². The highest BCUT2D eigenvalue weighted by Crippen LogP contribution is 2.19. The number of carbonyl (C=O) groups excluding carboxylic acids is 1. The fraction of sp³-hybridized carbons (Fsp3) is 0.333. The molecule has 1 amide bonds. The van der Waals surface area contributed by atoms with E-state index in [4.69, 9.17) is 15.2 Å². The summed E-state index contributed by atoms with van der Waals surface area (Å²) in [5.74, 6) is 0.697. The monoisotopic (exact) mass is 438 g/mol. The van der Waals surface area contributed by atoms with Crippen LogP contribution in [0, 0.1) is 0 Å². The van der Waals surface area contributed by atoms with Crippen LogP contribution in [0.25, 0.3) is 0 Å². The molecule has 0 unspecified atom stereocenters. The molecule has 0 radical (unpaired) electrons. The molecule has 0 aliphatic heterocycles. The highest BCUT2D eigenvalue weighted by Gasteiger charge is 2.28. The van der Waals surface area contributed by atoms with Crippen LogP contribution in [0.2, 0.25) is 0 Å². The maximum absolute atomic E-state index is 12.2. The quantitative estimate of drug-likeness (QED) is 0.392. The molecule has 0 aliphatic carbocycles. The number of hydrogen-bond acceptors (Lipinski definition) is 4. The van der Waals surface area contributed by atoms with Crippen LogP contribution in [0.5, 0.6) is 11.5 Å². The number of amides is 1. The minimum absolute atomic E-state index is 0.153. The summed E-state index contributed by atoms with van der Waals surface area (Å²) < 4.78 is 46.6. The Morgan fingerprint density at radius 3 is 2.42 bits per heavy atom. The molecule has 31 heavy (non-hydrogen) atoms. The molecule has 0 aliphatic rings. The lowest BCUT2D eigenvalue weighted by Crippen LogP contribution is -2.36. The van der Waals surface area contributed by atoms with Crippen molar-refractivity contribution >= 4 is 11.9 Å². The lowest BCUT2D eigenvalue weighted by atomic mass is 10.2. The topological polar surface area (TPSA) is 98.0 Å². The Morgan fingerprint density at radius 1 is 1.03 bits per heavy atom. The summed E-state index contributed by atoms with van der Waals surface area (Å²) in [5.41, 5.74) is 6.81. The predicted octanol–water partition coefficient (Wildman–Crippen LogP) is 2.75. The summed E-state index contributed by atoms with van der Waals surface area (Å²) >= 11 is 0. The van der Waals surface area contributed by atoms with Crippen LogP contribution in [0.4, 0.5) is 13.2 Å². The SMILES string of the molecule is CCNC(=NCc1cccc(OCC(N)=O)c1)NCc1ccc(OCC(F)(F)F)cc1. The summed E-state index contributed by atoms with van der Waals surface area (Å²) in [6.07, 6.45) is -4.37. The van der Waals surface area contributed by atoms with Crippen molar-refractivity contribution < 1.29 is 27.4 Å². The van der Waals surface area contributed by atoms with Crippen LogP contribution in [0.1, 0.15) is 18.1 Å². The van der Waals surface area contributed by atoms with Crippen molar-refractivity contribution in [3.8, 4) is 11.5 Å². The summed E-state index contributed by atoms with van der Waals surface area (Å²) in [6, 6.07) is 13.5. The molecule has 2 rings (SSSR count). The van der Waals surface area contributed by atoms with Gasteiger partial charge in [0.05, 0.1) is 6.54 Å². The number of nitrogens with one attached hydrogen (secondary N) is 2. The third kappa shape index (κ3) is 9.75. The normalized spacial score (nSPS) is 11.7. The number of carbonyl (C=O) groups is 1. The van der Waals surface area contributed by atoms with Gasteiger partial charge >= 0.3 is 6.18 Å². The molecule has 2 aromatic carbocycles. The summed E-state index contributed by atoms with van der Waals surface area (Å²) in [4.78, 5) is 15.3. The molecule has 0 fully saturated rings. The first-order valence-electron chi connectivity index (χ1n) is 9.56. The number of alkyl halides is 3. The number of aliphatic imine (C=N–C) groups is 1. The average molecular weight is 438 g/mol. The van der Waals surface area contributed by atoms with E-state index in [-0.39, 0.29) is 12.4 Å². The molecular weight excluding hydrogens is 413 g/mol. The van der Waals surface area contributed by atoms with E-state index < -0.39 is 18.7 Å². The number of nitrogens with zero attached hydrogens (tertiary/aromatic N) is 1. The third-order valence-electron chi connectivity index (χ3n) is 3.83.